The monoisotopic (exact) mass is 723 g/mol. The van der Waals surface area contributed by atoms with Crippen LogP contribution in [0.25, 0.3) is 0 Å². The Morgan fingerprint density at radius 1 is 0.900 bits per heavy atom. The summed E-state index contributed by atoms with van der Waals surface area (Å²) in [7, 11) is -2.21. The van der Waals surface area contributed by atoms with E-state index in [2.05, 4.69) is 16.0 Å². The topological polar surface area (TPSA) is 191 Å². The smallest absolute Gasteiger partial charge is 0.315 e. The number of likely N-dealkylation sites (N-methyl/N-ethyl adjacent to an activating group) is 1. The van der Waals surface area contributed by atoms with Crippen LogP contribution in [0.15, 0.2) is 0 Å². The summed E-state index contributed by atoms with van der Waals surface area (Å²) in [5.74, 6) is -2.77. The van der Waals surface area contributed by atoms with Crippen LogP contribution in [0.5, 0.6) is 0 Å². The number of fused-ring (bicyclic) bond motifs is 1. The zero-order chi connectivity index (χ0) is 37.6. The predicted octanol–water partition coefficient (Wildman–Crippen LogP) is 1.99. The molecule has 6 atom stereocenters. The highest BCUT2D eigenvalue weighted by molar-refractivity contribution is 7.86. The van der Waals surface area contributed by atoms with Gasteiger partial charge in [0.2, 0.25) is 17.6 Å². The number of rotatable bonds is 13. The van der Waals surface area contributed by atoms with Crippen molar-refractivity contribution >= 4 is 39.7 Å². The fourth-order valence-corrected chi connectivity index (χ4v) is 9.31. The van der Waals surface area contributed by atoms with E-state index in [4.69, 9.17) is 5.73 Å². The van der Waals surface area contributed by atoms with Gasteiger partial charge in [-0.1, -0.05) is 81.1 Å². The Morgan fingerprint density at radius 3 is 2.00 bits per heavy atom. The van der Waals surface area contributed by atoms with E-state index >= 15 is 0 Å². The van der Waals surface area contributed by atoms with Gasteiger partial charge >= 0.3 is 6.03 Å². The van der Waals surface area contributed by atoms with Crippen molar-refractivity contribution < 1.29 is 32.4 Å². The number of carbonyl (C=O) groups excluding carboxylic acids is 5. The van der Waals surface area contributed by atoms with Gasteiger partial charge in [-0.25, -0.2) is 4.79 Å². The largest absolute Gasteiger partial charge is 0.363 e. The maximum absolute atomic E-state index is 14.4. The number of likely N-dealkylation sites (tertiary alicyclic amines) is 1. The molecule has 4 aliphatic rings. The average Bonchev–Trinajstić information content (AvgIpc) is 3.30. The molecule has 284 valence electrons. The fourth-order valence-electron chi connectivity index (χ4n) is 7.86. The zero-order valence-electron chi connectivity index (χ0n) is 31.5. The first-order valence-electron chi connectivity index (χ1n) is 18.2. The number of ketones is 1. The van der Waals surface area contributed by atoms with E-state index < -0.39 is 74.7 Å². The number of nitrogens with two attached hydrogens (primary N) is 1. The highest BCUT2D eigenvalue weighted by Gasteiger charge is 2.70. The van der Waals surface area contributed by atoms with Crippen LogP contribution >= 0.6 is 0 Å². The van der Waals surface area contributed by atoms with Crippen molar-refractivity contribution in [2.45, 2.75) is 125 Å². The van der Waals surface area contributed by atoms with Crippen LogP contribution in [0.2, 0.25) is 0 Å². The maximum Gasteiger partial charge on any atom is 0.315 e. The molecule has 1 unspecified atom stereocenters. The molecule has 0 bridgehead atoms. The summed E-state index contributed by atoms with van der Waals surface area (Å²) in [6, 6.07) is -4.21. The maximum atomic E-state index is 14.4. The molecule has 2 saturated carbocycles. The number of nitrogens with one attached hydrogen (secondary N) is 3. The SMILES string of the molecule is CN(C[C@@H](NC(=O)N[C@H](C(=O)N1C[C@H]2[C@@H]([C@H]1C(=O)NC(CC1CCC1)C(=O)C(N)=O)C2(C)C)C(C)(C)C)C(C)(C)C)S(=O)(=O)N1CCCCC1. The number of hydrogen-bond acceptors (Lipinski definition) is 7. The van der Waals surface area contributed by atoms with Crippen LogP contribution < -0.4 is 21.7 Å². The lowest BCUT2D eigenvalue weighted by atomic mass is 9.80. The number of primary amides is 1. The van der Waals surface area contributed by atoms with Crippen LogP contribution in [0.4, 0.5) is 4.79 Å². The Bertz CT molecular complexity index is 1430. The van der Waals surface area contributed by atoms with Gasteiger partial charge in [0, 0.05) is 39.3 Å². The van der Waals surface area contributed by atoms with Crippen LogP contribution in [0.1, 0.15) is 100 Å². The molecule has 50 heavy (non-hydrogen) atoms. The van der Waals surface area contributed by atoms with Gasteiger partial charge in [0.05, 0.1) is 6.04 Å². The second-order valence-electron chi connectivity index (χ2n) is 17.8. The number of amides is 5. The second kappa shape index (κ2) is 14.7. The minimum absolute atomic E-state index is 0.0305. The third kappa shape index (κ3) is 8.63. The zero-order valence-corrected chi connectivity index (χ0v) is 32.3. The fraction of sp³-hybridized carbons (Fsp3) is 0.857. The summed E-state index contributed by atoms with van der Waals surface area (Å²) in [6.45, 7) is 16.6. The van der Waals surface area contributed by atoms with Gasteiger partial charge in [-0.15, -0.1) is 0 Å². The van der Waals surface area contributed by atoms with Crippen molar-refractivity contribution in [1.82, 2.24) is 29.5 Å². The van der Waals surface area contributed by atoms with E-state index in [0.717, 1.165) is 38.5 Å². The molecule has 0 radical (unpaired) electrons. The molecule has 0 aromatic carbocycles. The molecular weight excluding hydrogens is 662 g/mol. The van der Waals surface area contributed by atoms with E-state index in [0.29, 0.717) is 26.1 Å². The number of hydrogen-bond donors (Lipinski definition) is 4. The van der Waals surface area contributed by atoms with Gasteiger partial charge in [0.25, 0.3) is 16.1 Å². The van der Waals surface area contributed by atoms with Gasteiger partial charge in [0.15, 0.2) is 0 Å². The Kier molecular flexibility index (Phi) is 11.7. The van der Waals surface area contributed by atoms with Crippen molar-refractivity contribution in [1.29, 1.82) is 0 Å². The van der Waals surface area contributed by atoms with Gasteiger partial charge in [-0.3, -0.25) is 19.2 Å². The number of piperidine rings is 2. The standard InChI is InChI=1S/C35H61N7O7S/c1-33(2,3)24(20-40(9)50(48,49)41-16-11-10-12-17-41)38-32(47)39-28(34(4,5)6)31(46)42-19-22-25(35(22,7)8)26(42)30(45)37-23(27(43)29(36)44)18-21-14-13-15-21/h21-26,28H,10-20H2,1-9H3,(H2,36,44)(H,37,45)(H2,38,39,47)/t22-,23?,24+,25-,26-,28+/m0/s1. The summed E-state index contributed by atoms with van der Waals surface area (Å²) in [4.78, 5) is 68.3. The number of nitrogens with zero attached hydrogens (tertiary/aromatic N) is 3. The minimum atomic E-state index is -3.72. The summed E-state index contributed by atoms with van der Waals surface area (Å²) < 4.78 is 29.5. The molecule has 15 heteroatoms. The van der Waals surface area contributed by atoms with E-state index in [1.807, 2.05) is 55.4 Å². The van der Waals surface area contributed by atoms with Crippen molar-refractivity contribution in [3.05, 3.63) is 0 Å². The van der Waals surface area contributed by atoms with E-state index in [9.17, 15) is 32.4 Å². The highest BCUT2D eigenvalue weighted by Crippen LogP contribution is 2.65. The summed E-state index contributed by atoms with van der Waals surface area (Å²) in [5, 5.41) is 8.61. The molecule has 4 rings (SSSR count). The molecule has 0 aromatic heterocycles. The predicted molar refractivity (Wildman–Crippen MR) is 189 cm³/mol. The summed E-state index contributed by atoms with van der Waals surface area (Å²) in [6.07, 6.45) is 5.78. The first-order valence-corrected chi connectivity index (χ1v) is 19.6. The first-order chi connectivity index (χ1) is 23.0. The second-order valence-corrected chi connectivity index (χ2v) is 19.8. The lowest BCUT2D eigenvalue weighted by Crippen LogP contribution is -2.63. The van der Waals surface area contributed by atoms with Crippen LogP contribution in [-0.2, 0) is 29.4 Å². The number of Topliss-reactive ketones (excluding diaryl/α,β-unsaturated/α-hetero) is 1. The van der Waals surface area contributed by atoms with E-state index in [-0.39, 0.29) is 29.7 Å². The Balaban J connectivity index is 1.51. The summed E-state index contributed by atoms with van der Waals surface area (Å²) in [5.41, 5.74) is 3.84. The van der Waals surface area contributed by atoms with Crippen LogP contribution in [0, 0.1) is 34.0 Å². The van der Waals surface area contributed by atoms with Crippen LogP contribution in [0.3, 0.4) is 0 Å². The third-order valence-corrected chi connectivity index (χ3v) is 13.6. The molecule has 14 nitrogen and oxygen atoms in total. The van der Waals surface area contributed by atoms with Crippen molar-refractivity contribution in [3.63, 3.8) is 0 Å². The van der Waals surface area contributed by atoms with Crippen molar-refractivity contribution in [2.24, 2.45) is 39.7 Å². The highest BCUT2D eigenvalue weighted by atomic mass is 32.2. The molecule has 0 aromatic rings. The van der Waals surface area contributed by atoms with Gasteiger partial charge in [-0.2, -0.15) is 17.0 Å². The lowest BCUT2D eigenvalue weighted by molar-refractivity contribution is -0.145. The molecule has 2 saturated heterocycles. The van der Waals surface area contributed by atoms with Gasteiger partial charge in [0.1, 0.15) is 12.1 Å². The van der Waals surface area contributed by atoms with Crippen molar-refractivity contribution in [3.8, 4) is 0 Å². The Labute approximate surface area is 298 Å². The Hall–Kier alpha value is -2.78. The molecule has 2 aliphatic carbocycles. The molecule has 5 N–H and O–H groups in total. The van der Waals surface area contributed by atoms with E-state index in [1.54, 1.807) is 0 Å². The van der Waals surface area contributed by atoms with E-state index in [1.165, 1.54) is 20.6 Å². The molecule has 2 heterocycles. The van der Waals surface area contributed by atoms with Gasteiger partial charge < -0.3 is 26.6 Å². The van der Waals surface area contributed by atoms with Crippen LogP contribution in [-0.4, -0.2) is 109 Å². The number of urea groups is 1. The molecular formula is C35H61N7O7S. The minimum Gasteiger partial charge on any atom is -0.363 e. The first kappa shape index (κ1) is 40.0. The quantitative estimate of drug-likeness (QED) is 0.209. The lowest BCUT2D eigenvalue weighted by Gasteiger charge is -2.39. The Morgan fingerprint density at radius 2 is 1.50 bits per heavy atom. The van der Waals surface area contributed by atoms with Crippen molar-refractivity contribution in [2.75, 3.05) is 33.2 Å². The third-order valence-electron chi connectivity index (χ3n) is 11.6. The van der Waals surface area contributed by atoms with Gasteiger partial charge in [-0.05, 0) is 53.3 Å². The molecule has 4 fully saturated rings. The molecule has 0 spiro atoms. The molecule has 2 aliphatic heterocycles. The summed E-state index contributed by atoms with van der Waals surface area (Å²) >= 11 is 0. The normalized spacial score (nSPS) is 25.9. The average molecular weight is 724 g/mol. The molecule has 5 amide bonds. The number of carbonyl (C=O) groups is 5.